The smallest absolute Gasteiger partial charge is 0.269 e. The molecule has 9 heteroatoms. The summed E-state index contributed by atoms with van der Waals surface area (Å²) in [6.45, 7) is 2.41. The Kier molecular flexibility index (Phi) is 4.11. The van der Waals surface area contributed by atoms with E-state index >= 15 is 0 Å². The molecule has 1 aromatic carbocycles. The van der Waals surface area contributed by atoms with E-state index in [1.165, 1.54) is 12.1 Å². The SMILES string of the molecule is CC(NCc1nnc(-c2ccc([N+](=O)[O-])cc2)o1)c1cn[nH]c1. The number of non-ortho nitro benzene ring substituents is 1. The van der Waals surface area contributed by atoms with Gasteiger partial charge >= 0.3 is 0 Å². The van der Waals surface area contributed by atoms with Gasteiger partial charge in [0.05, 0.1) is 17.7 Å². The molecule has 0 aliphatic heterocycles. The van der Waals surface area contributed by atoms with E-state index in [0.29, 0.717) is 23.9 Å². The highest BCUT2D eigenvalue weighted by Gasteiger charge is 2.12. The van der Waals surface area contributed by atoms with E-state index in [1.54, 1.807) is 18.3 Å². The third-order valence-electron chi connectivity index (χ3n) is 3.37. The van der Waals surface area contributed by atoms with E-state index in [9.17, 15) is 10.1 Å². The Morgan fingerprint density at radius 1 is 1.35 bits per heavy atom. The monoisotopic (exact) mass is 314 g/mol. The van der Waals surface area contributed by atoms with Gasteiger partial charge in [0.15, 0.2) is 0 Å². The fraction of sp³-hybridized carbons (Fsp3) is 0.214. The van der Waals surface area contributed by atoms with Crippen molar-refractivity contribution in [2.45, 2.75) is 19.5 Å². The van der Waals surface area contributed by atoms with E-state index in [4.69, 9.17) is 4.42 Å². The van der Waals surface area contributed by atoms with Gasteiger partial charge in [0.1, 0.15) is 0 Å². The molecule has 1 unspecified atom stereocenters. The summed E-state index contributed by atoms with van der Waals surface area (Å²) < 4.78 is 5.56. The lowest BCUT2D eigenvalue weighted by atomic mass is 10.2. The fourth-order valence-electron chi connectivity index (χ4n) is 2.02. The third kappa shape index (κ3) is 3.40. The molecular weight excluding hydrogens is 300 g/mol. The van der Waals surface area contributed by atoms with Gasteiger partial charge in [0.25, 0.3) is 5.69 Å². The number of hydrogen-bond donors (Lipinski definition) is 2. The maximum atomic E-state index is 10.6. The molecule has 2 N–H and O–H groups in total. The zero-order valence-electron chi connectivity index (χ0n) is 12.3. The molecule has 118 valence electrons. The first kappa shape index (κ1) is 14.9. The van der Waals surface area contributed by atoms with Gasteiger partial charge in [-0.3, -0.25) is 15.2 Å². The second-order valence-electron chi connectivity index (χ2n) is 4.94. The predicted molar refractivity (Wildman–Crippen MR) is 80.2 cm³/mol. The van der Waals surface area contributed by atoms with Crippen LogP contribution in [0.3, 0.4) is 0 Å². The average Bonchev–Trinajstić information content (AvgIpc) is 3.24. The van der Waals surface area contributed by atoms with E-state index in [-0.39, 0.29) is 11.7 Å². The third-order valence-corrected chi connectivity index (χ3v) is 3.37. The molecule has 23 heavy (non-hydrogen) atoms. The summed E-state index contributed by atoms with van der Waals surface area (Å²) in [5.74, 6) is 0.765. The minimum absolute atomic E-state index is 0.0177. The van der Waals surface area contributed by atoms with Crippen molar-refractivity contribution in [1.82, 2.24) is 25.7 Å². The highest BCUT2D eigenvalue weighted by molar-refractivity contribution is 5.55. The van der Waals surface area contributed by atoms with Crippen molar-refractivity contribution < 1.29 is 9.34 Å². The topological polar surface area (TPSA) is 123 Å². The van der Waals surface area contributed by atoms with Gasteiger partial charge in [-0.25, -0.2) is 0 Å². The van der Waals surface area contributed by atoms with Crippen molar-refractivity contribution in [3.63, 3.8) is 0 Å². The Morgan fingerprint density at radius 3 is 2.78 bits per heavy atom. The lowest BCUT2D eigenvalue weighted by Crippen LogP contribution is -2.17. The Bertz CT molecular complexity index is 781. The number of hydrogen-bond acceptors (Lipinski definition) is 7. The number of nitrogens with one attached hydrogen (secondary N) is 2. The number of H-pyrrole nitrogens is 1. The average molecular weight is 314 g/mol. The summed E-state index contributed by atoms with van der Waals surface area (Å²) in [7, 11) is 0. The highest BCUT2D eigenvalue weighted by Crippen LogP contribution is 2.21. The number of nitro groups is 1. The van der Waals surface area contributed by atoms with Gasteiger partial charge in [-0.15, -0.1) is 10.2 Å². The summed E-state index contributed by atoms with van der Waals surface area (Å²) in [5, 5.41) is 28.5. The second kappa shape index (κ2) is 6.36. The maximum Gasteiger partial charge on any atom is 0.269 e. The normalized spacial score (nSPS) is 12.2. The molecule has 0 aliphatic carbocycles. The van der Waals surface area contributed by atoms with Crippen LogP contribution in [-0.2, 0) is 6.54 Å². The van der Waals surface area contributed by atoms with Crippen LogP contribution in [0.2, 0.25) is 0 Å². The van der Waals surface area contributed by atoms with Gasteiger partial charge in [0.2, 0.25) is 11.8 Å². The molecule has 2 aromatic heterocycles. The first-order chi connectivity index (χ1) is 11.1. The van der Waals surface area contributed by atoms with Gasteiger partial charge < -0.3 is 9.73 Å². The molecule has 9 nitrogen and oxygen atoms in total. The molecule has 0 saturated carbocycles. The van der Waals surface area contributed by atoms with Crippen molar-refractivity contribution in [3.05, 3.63) is 58.2 Å². The molecule has 0 radical (unpaired) electrons. The number of nitrogens with zero attached hydrogens (tertiary/aromatic N) is 4. The van der Waals surface area contributed by atoms with Crippen LogP contribution < -0.4 is 5.32 Å². The van der Waals surface area contributed by atoms with Crippen LogP contribution in [0.1, 0.15) is 24.4 Å². The molecule has 0 amide bonds. The van der Waals surface area contributed by atoms with Crippen LogP contribution in [0.5, 0.6) is 0 Å². The van der Waals surface area contributed by atoms with E-state index in [0.717, 1.165) is 5.56 Å². The first-order valence-corrected chi connectivity index (χ1v) is 6.93. The zero-order chi connectivity index (χ0) is 16.2. The molecule has 0 aliphatic rings. The Morgan fingerprint density at radius 2 is 2.13 bits per heavy atom. The highest BCUT2D eigenvalue weighted by atomic mass is 16.6. The van der Waals surface area contributed by atoms with Crippen LogP contribution in [-0.4, -0.2) is 25.3 Å². The summed E-state index contributed by atoms with van der Waals surface area (Å²) in [5.41, 5.74) is 1.68. The number of rotatable bonds is 6. The summed E-state index contributed by atoms with van der Waals surface area (Å²) in [4.78, 5) is 10.2. The van der Waals surface area contributed by atoms with Crippen LogP contribution >= 0.6 is 0 Å². The maximum absolute atomic E-state index is 10.6. The molecule has 1 atom stereocenters. The van der Waals surface area contributed by atoms with Crippen molar-refractivity contribution >= 4 is 5.69 Å². The summed E-state index contributed by atoms with van der Waals surface area (Å²) >= 11 is 0. The fourth-order valence-corrected chi connectivity index (χ4v) is 2.02. The van der Waals surface area contributed by atoms with Gasteiger partial charge in [-0.1, -0.05) is 0 Å². The van der Waals surface area contributed by atoms with Gasteiger partial charge in [-0.2, -0.15) is 5.10 Å². The van der Waals surface area contributed by atoms with Crippen LogP contribution in [0, 0.1) is 10.1 Å². The standard InChI is InChI=1S/C14H14N6O3/c1-9(11-6-16-17-7-11)15-8-13-18-19-14(23-13)10-2-4-12(5-3-10)20(21)22/h2-7,9,15H,8H2,1H3,(H,16,17). The van der Waals surface area contributed by atoms with Gasteiger partial charge in [-0.05, 0) is 19.1 Å². The van der Waals surface area contributed by atoms with E-state index in [2.05, 4.69) is 25.7 Å². The number of aromatic nitrogens is 4. The number of aromatic amines is 1. The molecule has 0 saturated heterocycles. The van der Waals surface area contributed by atoms with Crippen LogP contribution in [0.15, 0.2) is 41.1 Å². The molecular formula is C14H14N6O3. The van der Waals surface area contributed by atoms with E-state index < -0.39 is 4.92 Å². The van der Waals surface area contributed by atoms with Crippen molar-refractivity contribution in [3.8, 4) is 11.5 Å². The molecule has 3 rings (SSSR count). The Labute approximate surface area is 130 Å². The zero-order valence-corrected chi connectivity index (χ0v) is 12.3. The molecule has 2 heterocycles. The van der Waals surface area contributed by atoms with Gasteiger partial charge in [0, 0.05) is 35.5 Å². The largest absolute Gasteiger partial charge is 0.419 e. The Hall–Kier alpha value is -3.07. The van der Waals surface area contributed by atoms with Crippen molar-refractivity contribution in [2.24, 2.45) is 0 Å². The molecule has 0 fully saturated rings. The second-order valence-corrected chi connectivity index (χ2v) is 4.94. The summed E-state index contributed by atoms with van der Waals surface area (Å²) in [6, 6.07) is 6.05. The first-order valence-electron chi connectivity index (χ1n) is 6.93. The minimum atomic E-state index is -0.454. The minimum Gasteiger partial charge on any atom is -0.419 e. The molecule has 3 aromatic rings. The Balaban J connectivity index is 1.64. The molecule has 0 spiro atoms. The lowest BCUT2D eigenvalue weighted by molar-refractivity contribution is -0.384. The van der Waals surface area contributed by atoms with Crippen molar-refractivity contribution in [2.75, 3.05) is 0 Å². The predicted octanol–water partition coefficient (Wildman–Crippen LogP) is 2.22. The van der Waals surface area contributed by atoms with Crippen molar-refractivity contribution in [1.29, 1.82) is 0 Å². The number of nitro benzene ring substituents is 1. The van der Waals surface area contributed by atoms with E-state index in [1.807, 2.05) is 13.1 Å². The van der Waals surface area contributed by atoms with Crippen LogP contribution in [0.25, 0.3) is 11.5 Å². The summed E-state index contributed by atoms with van der Waals surface area (Å²) in [6.07, 6.45) is 3.56. The molecule has 0 bridgehead atoms. The lowest BCUT2D eigenvalue weighted by Gasteiger charge is -2.09. The number of benzene rings is 1. The van der Waals surface area contributed by atoms with Crippen LogP contribution in [0.4, 0.5) is 5.69 Å². The quantitative estimate of drug-likeness (QED) is 0.528.